The molecule has 4 nitrogen and oxygen atoms in total. The van der Waals surface area contributed by atoms with Crippen LogP contribution in [0.3, 0.4) is 0 Å². The fourth-order valence-electron chi connectivity index (χ4n) is 3.61. The molecule has 1 heterocycles. The molecule has 0 saturated heterocycles. The van der Waals surface area contributed by atoms with Crippen LogP contribution in [-0.4, -0.2) is 23.0 Å². The molecule has 1 fully saturated rings. The number of aryl methyl sites for hydroxylation is 1. The summed E-state index contributed by atoms with van der Waals surface area (Å²) < 4.78 is 0. The van der Waals surface area contributed by atoms with E-state index in [1.165, 1.54) is 10.4 Å². The van der Waals surface area contributed by atoms with E-state index in [1.807, 2.05) is 0 Å². The van der Waals surface area contributed by atoms with E-state index in [0.29, 0.717) is 6.42 Å². The number of carboxylic acids is 1. The molecule has 1 amide bonds. The molecule has 0 bridgehead atoms. The molecule has 5 heteroatoms. The Balaban J connectivity index is 1.63. The van der Waals surface area contributed by atoms with Crippen LogP contribution < -0.4 is 5.32 Å². The van der Waals surface area contributed by atoms with Crippen molar-refractivity contribution >= 4 is 23.2 Å². The average Bonchev–Trinajstić information content (AvgIpc) is 2.95. The van der Waals surface area contributed by atoms with Gasteiger partial charge in [-0.25, -0.2) is 0 Å². The summed E-state index contributed by atoms with van der Waals surface area (Å²) in [6.07, 6.45) is 6.15. The summed E-state index contributed by atoms with van der Waals surface area (Å²) in [5.41, 5.74) is 1.19. The van der Waals surface area contributed by atoms with Crippen molar-refractivity contribution < 1.29 is 14.7 Å². The number of nitrogens with one attached hydrogen (secondary N) is 1. The Hall–Kier alpha value is -1.36. The maximum atomic E-state index is 12.5. The van der Waals surface area contributed by atoms with Crippen LogP contribution in [0.2, 0.25) is 0 Å². The summed E-state index contributed by atoms with van der Waals surface area (Å²) in [7, 11) is 0. The monoisotopic (exact) mass is 307 g/mol. The summed E-state index contributed by atoms with van der Waals surface area (Å²) in [5, 5.41) is 14.3. The van der Waals surface area contributed by atoms with E-state index >= 15 is 0 Å². The predicted molar refractivity (Wildman–Crippen MR) is 81.5 cm³/mol. The molecule has 114 valence electrons. The third-order valence-electron chi connectivity index (χ3n) is 4.74. The van der Waals surface area contributed by atoms with E-state index < -0.39 is 5.97 Å². The minimum atomic E-state index is -0.730. The van der Waals surface area contributed by atoms with Crippen LogP contribution in [-0.2, 0) is 16.0 Å². The number of carbonyl (C=O) groups excluding carboxylic acids is 1. The molecule has 1 saturated carbocycles. The number of amides is 1. The first-order valence-corrected chi connectivity index (χ1v) is 8.62. The molecule has 1 aromatic heterocycles. The van der Waals surface area contributed by atoms with Gasteiger partial charge in [-0.15, -0.1) is 11.3 Å². The van der Waals surface area contributed by atoms with Gasteiger partial charge >= 0.3 is 5.97 Å². The van der Waals surface area contributed by atoms with Crippen LogP contribution >= 0.6 is 11.3 Å². The molecule has 3 rings (SSSR count). The van der Waals surface area contributed by atoms with Crippen LogP contribution in [0, 0.1) is 5.92 Å². The van der Waals surface area contributed by atoms with Crippen LogP contribution in [0.15, 0.2) is 11.4 Å². The maximum absolute atomic E-state index is 12.5. The second-order valence-electron chi connectivity index (χ2n) is 6.15. The normalized spacial score (nSPS) is 28.7. The highest BCUT2D eigenvalue weighted by atomic mass is 32.1. The lowest BCUT2D eigenvalue weighted by Crippen LogP contribution is -2.42. The average molecular weight is 307 g/mol. The highest BCUT2D eigenvalue weighted by molar-refractivity contribution is 7.10. The first kappa shape index (κ1) is 14.6. The van der Waals surface area contributed by atoms with Gasteiger partial charge in [-0.05, 0) is 55.5 Å². The van der Waals surface area contributed by atoms with Crippen molar-refractivity contribution in [3.8, 4) is 0 Å². The Labute approximate surface area is 128 Å². The van der Waals surface area contributed by atoms with E-state index in [0.717, 1.165) is 38.5 Å². The molecule has 0 radical (unpaired) electrons. The number of thiophene rings is 1. The van der Waals surface area contributed by atoms with E-state index in [1.54, 1.807) is 11.3 Å². The Morgan fingerprint density at radius 2 is 2.10 bits per heavy atom. The lowest BCUT2D eigenvalue weighted by molar-refractivity contribution is -0.143. The van der Waals surface area contributed by atoms with Crippen molar-refractivity contribution in [2.45, 2.75) is 56.9 Å². The van der Waals surface area contributed by atoms with Gasteiger partial charge in [0, 0.05) is 10.9 Å². The Morgan fingerprint density at radius 3 is 2.90 bits per heavy atom. The molecule has 0 aromatic carbocycles. The highest BCUT2D eigenvalue weighted by Gasteiger charge is 2.32. The van der Waals surface area contributed by atoms with Crippen LogP contribution in [0.4, 0.5) is 0 Å². The number of rotatable bonds is 3. The van der Waals surface area contributed by atoms with Crippen molar-refractivity contribution in [2.75, 3.05) is 0 Å². The molecule has 1 aromatic rings. The van der Waals surface area contributed by atoms with Gasteiger partial charge in [0.15, 0.2) is 0 Å². The van der Waals surface area contributed by atoms with E-state index in [9.17, 15) is 9.59 Å². The minimum Gasteiger partial charge on any atom is -0.481 e. The maximum Gasteiger partial charge on any atom is 0.306 e. The van der Waals surface area contributed by atoms with E-state index in [-0.39, 0.29) is 23.8 Å². The molecule has 2 aliphatic carbocycles. The first-order chi connectivity index (χ1) is 10.1. The van der Waals surface area contributed by atoms with Crippen molar-refractivity contribution in [1.29, 1.82) is 0 Å². The second kappa shape index (κ2) is 6.18. The molecule has 0 aliphatic heterocycles. The topological polar surface area (TPSA) is 66.4 Å². The standard InChI is InChI=1S/C16H21NO3S/c18-15(13-5-2-6-14-12(13)7-8-21-14)17-11-4-1-3-10(9-11)16(19)20/h7-8,10-11,13H,1-6,9H2,(H,17,18)(H,19,20). The second-order valence-corrected chi connectivity index (χ2v) is 7.15. The predicted octanol–water partition coefficient (Wildman–Crippen LogP) is 2.93. The minimum absolute atomic E-state index is 0.0244. The zero-order valence-electron chi connectivity index (χ0n) is 12.0. The lowest BCUT2D eigenvalue weighted by Gasteiger charge is -2.30. The molecule has 21 heavy (non-hydrogen) atoms. The summed E-state index contributed by atoms with van der Waals surface area (Å²) in [6.45, 7) is 0. The van der Waals surface area contributed by atoms with Gasteiger partial charge in [0.2, 0.25) is 5.91 Å². The summed E-state index contributed by atoms with van der Waals surface area (Å²) in [6, 6.07) is 2.10. The van der Waals surface area contributed by atoms with Gasteiger partial charge in [0.05, 0.1) is 11.8 Å². The lowest BCUT2D eigenvalue weighted by atomic mass is 9.84. The molecular formula is C16H21NO3S. The zero-order chi connectivity index (χ0) is 14.8. The van der Waals surface area contributed by atoms with Crippen molar-refractivity contribution in [3.05, 3.63) is 21.9 Å². The van der Waals surface area contributed by atoms with Crippen molar-refractivity contribution in [3.63, 3.8) is 0 Å². The fourth-order valence-corrected chi connectivity index (χ4v) is 4.59. The van der Waals surface area contributed by atoms with Crippen LogP contribution in [0.5, 0.6) is 0 Å². The van der Waals surface area contributed by atoms with E-state index in [4.69, 9.17) is 5.11 Å². The molecule has 2 aliphatic rings. The number of aliphatic carboxylic acids is 1. The molecule has 0 spiro atoms. The number of carbonyl (C=O) groups is 2. The summed E-state index contributed by atoms with van der Waals surface area (Å²) in [4.78, 5) is 25.0. The van der Waals surface area contributed by atoms with Gasteiger partial charge in [-0.2, -0.15) is 0 Å². The Bertz CT molecular complexity index is 539. The third-order valence-corrected chi connectivity index (χ3v) is 5.73. The smallest absolute Gasteiger partial charge is 0.306 e. The van der Waals surface area contributed by atoms with Crippen LogP contribution in [0.25, 0.3) is 0 Å². The molecule has 2 N–H and O–H groups in total. The highest BCUT2D eigenvalue weighted by Crippen LogP contribution is 2.35. The van der Waals surface area contributed by atoms with Gasteiger partial charge in [-0.1, -0.05) is 6.42 Å². The fraction of sp³-hybridized carbons (Fsp3) is 0.625. The number of hydrogen-bond acceptors (Lipinski definition) is 3. The largest absolute Gasteiger partial charge is 0.481 e. The Morgan fingerprint density at radius 1 is 1.24 bits per heavy atom. The molecular weight excluding hydrogens is 286 g/mol. The van der Waals surface area contributed by atoms with Crippen LogP contribution in [0.1, 0.15) is 54.9 Å². The first-order valence-electron chi connectivity index (χ1n) is 7.74. The number of carboxylic acid groups (broad SMARTS) is 1. The van der Waals surface area contributed by atoms with Gasteiger partial charge in [0.25, 0.3) is 0 Å². The SMILES string of the molecule is O=C(O)C1CCCC(NC(=O)C2CCCc3sccc32)C1. The Kier molecular flexibility index (Phi) is 4.29. The zero-order valence-corrected chi connectivity index (χ0v) is 12.8. The molecule has 3 unspecified atom stereocenters. The number of hydrogen-bond donors (Lipinski definition) is 2. The third kappa shape index (κ3) is 3.12. The van der Waals surface area contributed by atoms with Gasteiger partial charge < -0.3 is 10.4 Å². The van der Waals surface area contributed by atoms with Gasteiger partial charge in [0.1, 0.15) is 0 Å². The van der Waals surface area contributed by atoms with Crippen molar-refractivity contribution in [2.24, 2.45) is 5.92 Å². The summed E-state index contributed by atoms with van der Waals surface area (Å²) in [5.74, 6) is -0.977. The van der Waals surface area contributed by atoms with Crippen molar-refractivity contribution in [1.82, 2.24) is 5.32 Å². The van der Waals surface area contributed by atoms with E-state index in [2.05, 4.69) is 16.8 Å². The molecule has 3 atom stereocenters. The number of fused-ring (bicyclic) bond motifs is 1. The van der Waals surface area contributed by atoms with Gasteiger partial charge in [-0.3, -0.25) is 9.59 Å². The summed E-state index contributed by atoms with van der Waals surface area (Å²) >= 11 is 1.74. The quantitative estimate of drug-likeness (QED) is 0.902.